The Hall–Kier alpha value is -2.34. The Labute approximate surface area is 138 Å². The summed E-state index contributed by atoms with van der Waals surface area (Å²) in [7, 11) is 0. The monoisotopic (exact) mass is 328 g/mol. The smallest absolute Gasteiger partial charge is 0.163 e. The Morgan fingerprint density at radius 2 is 1.83 bits per heavy atom. The average Bonchev–Trinajstić information content (AvgIpc) is 3.04. The summed E-state index contributed by atoms with van der Waals surface area (Å²) in [5.41, 5.74) is 1.28. The van der Waals surface area contributed by atoms with Gasteiger partial charge < -0.3 is 0 Å². The summed E-state index contributed by atoms with van der Waals surface area (Å²) in [6, 6.07) is 10.2. The number of benzene rings is 1. The van der Waals surface area contributed by atoms with E-state index < -0.39 is 11.6 Å². The van der Waals surface area contributed by atoms with Crippen LogP contribution in [0, 0.1) is 11.6 Å². The van der Waals surface area contributed by atoms with Crippen LogP contribution in [0.5, 0.6) is 0 Å². The second kappa shape index (κ2) is 6.28. The van der Waals surface area contributed by atoms with Gasteiger partial charge in [0.05, 0.1) is 0 Å². The molecule has 0 atom stereocenters. The predicted molar refractivity (Wildman–Crippen MR) is 86.6 cm³/mol. The van der Waals surface area contributed by atoms with Gasteiger partial charge >= 0.3 is 0 Å². The van der Waals surface area contributed by atoms with Crippen LogP contribution < -0.4 is 0 Å². The van der Waals surface area contributed by atoms with Crippen molar-refractivity contribution in [2.45, 2.75) is 25.3 Å². The molecule has 0 spiro atoms. The van der Waals surface area contributed by atoms with Crippen molar-refractivity contribution < 1.29 is 8.78 Å². The van der Waals surface area contributed by atoms with Crippen LogP contribution in [0.25, 0.3) is 5.65 Å². The van der Waals surface area contributed by atoms with Gasteiger partial charge in [0.25, 0.3) is 0 Å². The molecule has 1 aromatic carbocycles. The molecule has 4 rings (SSSR count). The first kappa shape index (κ1) is 15.2. The lowest BCUT2D eigenvalue weighted by molar-refractivity contribution is 0.198. The molecule has 124 valence electrons. The zero-order valence-electron chi connectivity index (χ0n) is 13.2. The van der Waals surface area contributed by atoms with Crippen molar-refractivity contribution in [1.29, 1.82) is 0 Å². The predicted octanol–water partition coefficient (Wildman–Crippen LogP) is 3.39. The van der Waals surface area contributed by atoms with Crippen LogP contribution >= 0.6 is 0 Å². The van der Waals surface area contributed by atoms with Gasteiger partial charge in [-0.3, -0.25) is 9.30 Å². The molecule has 6 heteroatoms. The first-order valence-electron chi connectivity index (χ1n) is 8.17. The van der Waals surface area contributed by atoms with E-state index in [9.17, 15) is 8.78 Å². The molecule has 0 unspecified atom stereocenters. The zero-order valence-corrected chi connectivity index (χ0v) is 13.2. The van der Waals surface area contributed by atoms with Crippen molar-refractivity contribution in [3.05, 3.63) is 65.6 Å². The number of piperidine rings is 1. The molecule has 3 heterocycles. The minimum Gasteiger partial charge on any atom is -0.299 e. The third-order valence-corrected chi connectivity index (χ3v) is 4.72. The van der Waals surface area contributed by atoms with Crippen LogP contribution in [0.1, 0.15) is 30.1 Å². The van der Waals surface area contributed by atoms with E-state index in [0.717, 1.165) is 43.5 Å². The summed E-state index contributed by atoms with van der Waals surface area (Å²) in [5, 5.41) is 8.55. The Morgan fingerprint density at radius 1 is 1.00 bits per heavy atom. The van der Waals surface area contributed by atoms with Gasteiger partial charge in [0.1, 0.15) is 5.82 Å². The highest BCUT2D eigenvalue weighted by molar-refractivity contribution is 5.37. The number of hydrogen-bond donors (Lipinski definition) is 0. The van der Waals surface area contributed by atoms with E-state index in [1.807, 2.05) is 28.8 Å². The van der Waals surface area contributed by atoms with Crippen LogP contribution in [-0.4, -0.2) is 32.6 Å². The van der Waals surface area contributed by atoms with Crippen molar-refractivity contribution in [2.75, 3.05) is 13.1 Å². The Kier molecular flexibility index (Phi) is 3.98. The molecule has 24 heavy (non-hydrogen) atoms. The molecule has 4 nitrogen and oxygen atoms in total. The topological polar surface area (TPSA) is 33.4 Å². The van der Waals surface area contributed by atoms with Crippen LogP contribution in [0.3, 0.4) is 0 Å². The highest BCUT2D eigenvalue weighted by Gasteiger charge is 2.25. The number of nitrogens with zero attached hydrogens (tertiary/aromatic N) is 4. The largest absolute Gasteiger partial charge is 0.299 e. The normalized spacial score (nSPS) is 16.8. The lowest BCUT2D eigenvalue weighted by Gasteiger charge is -2.31. The van der Waals surface area contributed by atoms with E-state index in [1.54, 1.807) is 12.1 Å². The van der Waals surface area contributed by atoms with Gasteiger partial charge in [-0.25, -0.2) is 8.78 Å². The van der Waals surface area contributed by atoms with Crippen LogP contribution in [-0.2, 0) is 6.54 Å². The Morgan fingerprint density at radius 3 is 2.67 bits per heavy atom. The summed E-state index contributed by atoms with van der Waals surface area (Å²) in [4.78, 5) is 2.16. The Bertz CT molecular complexity index is 853. The lowest BCUT2D eigenvalue weighted by atomic mass is 9.95. The molecule has 0 aliphatic carbocycles. The van der Waals surface area contributed by atoms with Gasteiger partial charge in [0.2, 0.25) is 0 Å². The molecular formula is C18H18F2N4. The molecule has 1 aliphatic rings. The maximum atomic E-state index is 13.8. The van der Waals surface area contributed by atoms with E-state index in [-0.39, 0.29) is 0 Å². The third-order valence-electron chi connectivity index (χ3n) is 4.72. The first-order valence-corrected chi connectivity index (χ1v) is 8.17. The Balaban J connectivity index is 1.44. The van der Waals surface area contributed by atoms with Gasteiger partial charge in [-0.2, -0.15) is 0 Å². The quantitative estimate of drug-likeness (QED) is 0.739. The number of fused-ring (bicyclic) bond motifs is 1. The third kappa shape index (κ3) is 2.78. The van der Waals surface area contributed by atoms with Crippen molar-refractivity contribution in [3.8, 4) is 0 Å². The van der Waals surface area contributed by atoms with Gasteiger partial charge in [-0.05, 0) is 44.1 Å². The summed E-state index contributed by atoms with van der Waals surface area (Å²) < 4.78 is 29.2. The number of halogens is 2. The van der Waals surface area contributed by atoms with Crippen molar-refractivity contribution in [1.82, 2.24) is 19.5 Å². The summed E-state index contributed by atoms with van der Waals surface area (Å²) in [5.74, 6) is -0.182. The van der Waals surface area contributed by atoms with Crippen LogP contribution in [0.2, 0.25) is 0 Å². The van der Waals surface area contributed by atoms with Crippen molar-refractivity contribution in [2.24, 2.45) is 0 Å². The standard InChI is InChI=1S/C18H18F2N4/c19-15-5-3-4-14(17(15)20)12-23-10-7-13(8-11-23)18-22-21-16-6-1-2-9-24(16)18/h1-6,9,13H,7-8,10-12H2. The summed E-state index contributed by atoms with van der Waals surface area (Å²) in [6.45, 7) is 2.11. The molecule has 1 saturated heterocycles. The van der Waals surface area contributed by atoms with Crippen LogP contribution in [0.15, 0.2) is 42.6 Å². The molecule has 1 fully saturated rings. The highest BCUT2D eigenvalue weighted by atomic mass is 19.2. The molecule has 0 amide bonds. The zero-order chi connectivity index (χ0) is 16.5. The molecular weight excluding hydrogens is 310 g/mol. The number of rotatable bonds is 3. The fraction of sp³-hybridized carbons (Fsp3) is 0.333. The van der Waals surface area contributed by atoms with Crippen molar-refractivity contribution >= 4 is 5.65 Å². The number of hydrogen-bond acceptors (Lipinski definition) is 3. The molecule has 0 N–H and O–H groups in total. The molecule has 2 aromatic heterocycles. The van der Waals surface area contributed by atoms with E-state index in [1.165, 1.54) is 0 Å². The SMILES string of the molecule is Fc1cccc(CN2CCC(c3nnc4ccccn34)CC2)c1F. The van der Waals surface area contributed by atoms with E-state index in [4.69, 9.17) is 0 Å². The molecule has 1 aliphatic heterocycles. The fourth-order valence-corrected chi connectivity index (χ4v) is 3.40. The molecule has 3 aromatic rings. The first-order chi connectivity index (χ1) is 11.7. The lowest BCUT2D eigenvalue weighted by Crippen LogP contribution is -2.33. The minimum absolute atomic E-state index is 0.344. The minimum atomic E-state index is -0.780. The summed E-state index contributed by atoms with van der Waals surface area (Å²) >= 11 is 0. The number of aromatic nitrogens is 3. The van der Waals surface area contributed by atoms with E-state index >= 15 is 0 Å². The second-order valence-corrected chi connectivity index (χ2v) is 6.25. The number of likely N-dealkylation sites (tertiary alicyclic amines) is 1. The molecule has 0 radical (unpaired) electrons. The van der Waals surface area contributed by atoms with E-state index in [0.29, 0.717) is 18.0 Å². The van der Waals surface area contributed by atoms with Gasteiger partial charge in [-0.1, -0.05) is 18.2 Å². The van der Waals surface area contributed by atoms with Crippen LogP contribution in [0.4, 0.5) is 8.78 Å². The maximum Gasteiger partial charge on any atom is 0.163 e. The number of pyridine rings is 1. The fourth-order valence-electron chi connectivity index (χ4n) is 3.40. The maximum absolute atomic E-state index is 13.8. The van der Waals surface area contributed by atoms with Gasteiger partial charge in [0.15, 0.2) is 17.3 Å². The highest BCUT2D eigenvalue weighted by Crippen LogP contribution is 2.28. The van der Waals surface area contributed by atoms with Gasteiger partial charge in [0, 0.05) is 24.2 Å². The van der Waals surface area contributed by atoms with E-state index in [2.05, 4.69) is 15.1 Å². The second-order valence-electron chi connectivity index (χ2n) is 6.25. The molecule has 0 bridgehead atoms. The molecule has 0 saturated carbocycles. The average molecular weight is 328 g/mol. The summed E-state index contributed by atoms with van der Waals surface area (Å²) in [6.07, 6.45) is 3.86. The van der Waals surface area contributed by atoms with Gasteiger partial charge in [-0.15, -0.1) is 10.2 Å². The van der Waals surface area contributed by atoms with Crippen molar-refractivity contribution in [3.63, 3.8) is 0 Å².